The lowest BCUT2D eigenvalue weighted by Crippen LogP contribution is -2.35. The molecule has 3 heterocycles. The van der Waals surface area contributed by atoms with Crippen LogP contribution < -0.4 is 19.9 Å². The molecule has 0 unspecified atom stereocenters. The normalized spacial score (nSPS) is 16.1. The molecule has 1 aromatic heterocycles. The summed E-state index contributed by atoms with van der Waals surface area (Å²) in [6.45, 7) is 6.47. The maximum Gasteiger partial charge on any atom is 0.415 e. The molecule has 38 heavy (non-hydrogen) atoms. The Hall–Kier alpha value is -4.22. The number of nitrogens with one attached hydrogen (secondary N) is 1. The highest BCUT2D eigenvalue weighted by Gasteiger charge is 2.34. The first-order chi connectivity index (χ1) is 18.3. The second-order valence-corrected chi connectivity index (χ2v) is 9.14. The largest absolute Gasteiger partial charge is 0.480 e. The second kappa shape index (κ2) is 11.9. The van der Waals surface area contributed by atoms with E-state index in [4.69, 9.17) is 4.74 Å². The molecule has 1 atom stereocenters. The summed E-state index contributed by atoms with van der Waals surface area (Å²) in [5.74, 6) is -1.09. The molecular formula is C26H32N6O6. The van der Waals surface area contributed by atoms with Crippen molar-refractivity contribution >= 4 is 41.3 Å². The minimum Gasteiger partial charge on any atom is -0.480 e. The number of carbonyl (C=O) groups excluding carboxylic acids is 3. The molecule has 12 heteroatoms. The number of hydrogen-bond acceptors (Lipinski definition) is 9. The van der Waals surface area contributed by atoms with Crippen LogP contribution in [0.1, 0.15) is 45.1 Å². The number of carboxylic acids is 1. The number of amides is 3. The van der Waals surface area contributed by atoms with Gasteiger partial charge in [-0.15, -0.1) is 0 Å². The Labute approximate surface area is 220 Å². The first-order valence-electron chi connectivity index (χ1n) is 12.8. The molecule has 2 fully saturated rings. The Morgan fingerprint density at radius 3 is 2.29 bits per heavy atom. The van der Waals surface area contributed by atoms with Crippen molar-refractivity contribution in [2.45, 2.75) is 52.0 Å². The predicted molar refractivity (Wildman–Crippen MR) is 139 cm³/mol. The molecule has 4 rings (SSSR count). The third-order valence-electron chi connectivity index (χ3n) is 6.64. The van der Waals surface area contributed by atoms with E-state index in [1.54, 1.807) is 29.2 Å². The summed E-state index contributed by atoms with van der Waals surface area (Å²) in [6.07, 6.45) is 3.13. The van der Waals surface area contributed by atoms with Gasteiger partial charge in [0.15, 0.2) is 5.82 Å². The van der Waals surface area contributed by atoms with E-state index in [0.29, 0.717) is 43.4 Å². The number of imide groups is 1. The number of rotatable bonds is 10. The van der Waals surface area contributed by atoms with Crippen molar-refractivity contribution in [3.8, 4) is 5.75 Å². The number of hydrogen-bond donors (Lipinski definition) is 2. The predicted octanol–water partition coefficient (Wildman–Crippen LogP) is 2.68. The van der Waals surface area contributed by atoms with Gasteiger partial charge in [-0.2, -0.15) is 4.98 Å². The zero-order chi connectivity index (χ0) is 27.2. The molecule has 2 saturated heterocycles. The zero-order valence-electron chi connectivity index (χ0n) is 21.6. The fourth-order valence-electron chi connectivity index (χ4n) is 4.50. The van der Waals surface area contributed by atoms with Gasteiger partial charge in [0.1, 0.15) is 17.5 Å². The van der Waals surface area contributed by atoms with Crippen LogP contribution in [0.25, 0.3) is 0 Å². The highest BCUT2D eigenvalue weighted by molar-refractivity contribution is 6.21. The van der Waals surface area contributed by atoms with Crippen LogP contribution >= 0.6 is 0 Å². The van der Waals surface area contributed by atoms with Crippen molar-refractivity contribution in [1.29, 1.82) is 0 Å². The molecule has 0 spiro atoms. The Morgan fingerprint density at radius 2 is 1.71 bits per heavy atom. The van der Waals surface area contributed by atoms with Crippen LogP contribution in [0.5, 0.6) is 5.75 Å². The summed E-state index contributed by atoms with van der Waals surface area (Å²) in [7, 11) is 0. The van der Waals surface area contributed by atoms with E-state index in [1.165, 1.54) is 6.20 Å². The van der Waals surface area contributed by atoms with Gasteiger partial charge in [-0.05, 0) is 44.4 Å². The van der Waals surface area contributed by atoms with Crippen LogP contribution in [0.4, 0.5) is 22.2 Å². The second-order valence-electron chi connectivity index (χ2n) is 9.14. The number of carboxylic acid groups (broad SMARTS) is 1. The van der Waals surface area contributed by atoms with Gasteiger partial charge in [-0.3, -0.25) is 9.59 Å². The minimum absolute atomic E-state index is 0.0711. The number of benzene rings is 1. The van der Waals surface area contributed by atoms with Crippen molar-refractivity contribution < 1.29 is 29.0 Å². The van der Waals surface area contributed by atoms with Crippen molar-refractivity contribution in [2.24, 2.45) is 0 Å². The van der Waals surface area contributed by atoms with E-state index in [-0.39, 0.29) is 42.6 Å². The van der Waals surface area contributed by atoms with Gasteiger partial charge in [-0.25, -0.2) is 19.5 Å². The van der Waals surface area contributed by atoms with Crippen LogP contribution in [-0.4, -0.2) is 76.1 Å². The third-order valence-corrected chi connectivity index (χ3v) is 6.64. The van der Waals surface area contributed by atoms with E-state index < -0.39 is 18.1 Å². The van der Waals surface area contributed by atoms with Gasteiger partial charge >= 0.3 is 12.1 Å². The van der Waals surface area contributed by atoms with E-state index >= 15 is 0 Å². The maximum atomic E-state index is 12.4. The highest BCUT2D eigenvalue weighted by atomic mass is 16.6. The number of ether oxygens (including phenoxy) is 1. The van der Waals surface area contributed by atoms with Gasteiger partial charge in [0.2, 0.25) is 17.8 Å². The average Bonchev–Trinajstić information content (AvgIpc) is 3.56. The Balaban J connectivity index is 1.54. The van der Waals surface area contributed by atoms with Gasteiger partial charge in [0, 0.05) is 45.4 Å². The molecule has 2 aliphatic heterocycles. The molecule has 2 N–H and O–H groups in total. The summed E-state index contributed by atoms with van der Waals surface area (Å²) < 4.78 is 5.42. The minimum atomic E-state index is -1.14. The molecule has 0 aliphatic carbocycles. The molecule has 0 bridgehead atoms. The lowest BCUT2D eigenvalue weighted by molar-refractivity contribution is -0.137. The Kier molecular flexibility index (Phi) is 8.39. The maximum absolute atomic E-state index is 12.4. The average molecular weight is 525 g/mol. The first kappa shape index (κ1) is 26.8. The van der Waals surface area contributed by atoms with Crippen LogP contribution in [0.15, 0.2) is 30.5 Å². The number of aromatic nitrogens is 2. The first-order valence-corrected chi connectivity index (χ1v) is 12.8. The number of likely N-dealkylation sites (tertiary alicyclic amines) is 1. The number of aliphatic carboxylic acids is 1. The van der Waals surface area contributed by atoms with Gasteiger partial charge in [0.05, 0.1) is 6.20 Å². The van der Waals surface area contributed by atoms with Crippen LogP contribution in [0.2, 0.25) is 0 Å². The summed E-state index contributed by atoms with van der Waals surface area (Å²) >= 11 is 0. The molecule has 3 amide bonds. The summed E-state index contributed by atoms with van der Waals surface area (Å²) in [5, 5.41) is 12.9. The topological polar surface area (TPSA) is 145 Å². The van der Waals surface area contributed by atoms with Gasteiger partial charge in [-0.1, -0.05) is 12.1 Å². The molecular weight excluding hydrogens is 492 g/mol. The number of carbonyl (C=O) groups is 4. The molecule has 2 aliphatic rings. The van der Waals surface area contributed by atoms with Crippen molar-refractivity contribution in [3.05, 3.63) is 36.0 Å². The Morgan fingerprint density at radius 1 is 1.08 bits per heavy atom. The summed E-state index contributed by atoms with van der Waals surface area (Å²) in [4.78, 5) is 62.7. The smallest absolute Gasteiger partial charge is 0.415 e. The van der Waals surface area contributed by atoms with Gasteiger partial charge in [0.25, 0.3) is 0 Å². The quantitative estimate of drug-likeness (QED) is 0.445. The van der Waals surface area contributed by atoms with Crippen molar-refractivity contribution in [2.75, 3.05) is 41.3 Å². The van der Waals surface area contributed by atoms with E-state index in [9.17, 15) is 24.3 Å². The molecule has 202 valence electrons. The fourth-order valence-corrected chi connectivity index (χ4v) is 4.50. The number of anilines is 3. The van der Waals surface area contributed by atoms with Crippen molar-refractivity contribution in [1.82, 2.24) is 14.9 Å². The monoisotopic (exact) mass is 524 g/mol. The fraction of sp³-hybridized carbons (Fsp3) is 0.462. The molecule has 0 saturated carbocycles. The standard InChI is InChI=1S/C26H32N6O6/c1-3-30(4-2)25-27-16-20(32-21(33)11-12-22(32)34)23(29-25)28-19(24(35)36)15-17-7-9-18(10-8-17)38-26(37)31-13-5-6-14-31/h7-10,16,19H,3-6,11-15H2,1-2H3,(H,35,36)(H,27,28,29)/t19-/m1/s1. The highest BCUT2D eigenvalue weighted by Crippen LogP contribution is 2.31. The Bertz CT molecular complexity index is 1180. The summed E-state index contributed by atoms with van der Waals surface area (Å²) in [5.41, 5.74) is 0.808. The van der Waals surface area contributed by atoms with Crippen LogP contribution in [-0.2, 0) is 20.8 Å². The zero-order valence-corrected chi connectivity index (χ0v) is 21.6. The molecule has 1 aromatic carbocycles. The lowest BCUT2D eigenvalue weighted by atomic mass is 10.1. The van der Waals surface area contributed by atoms with E-state index in [1.807, 2.05) is 18.7 Å². The van der Waals surface area contributed by atoms with Crippen molar-refractivity contribution in [3.63, 3.8) is 0 Å². The van der Waals surface area contributed by atoms with Crippen LogP contribution in [0, 0.1) is 0 Å². The SMILES string of the molecule is CCN(CC)c1ncc(N2C(=O)CCC2=O)c(N[C@H](Cc2ccc(OC(=O)N3CCCC3)cc2)C(=O)O)n1. The van der Waals surface area contributed by atoms with Gasteiger partial charge < -0.3 is 25.0 Å². The molecule has 12 nitrogen and oxygen atoms in total. The van der Waals surface area contributed by atoms with E-state index in [0.717, 1.165) is 17.7 Å². The van der Waals surface area contributed by atoms with Crippen LogP contribution in [0.3, 0.4) is 0 Å². The lowest BCUT2D eigenvalue weighted by Gasteiger charge is -2.24. The van der Waals surface area contributed by atoms with E-state index in [2.05, 4.69) is 15.3 Å². The number of nitrogens with zero attached hydrogens (tertiary/aromatic N) is 5. The third kappa shape index (κ3) is 6.01. The molecule has 0 radical (unpaired) electrons. The molecule has 2 aromatic rings. The summed E-state index contributed by atoms with van der Waals surface area (Å²) in [6, 6.07) is 5.51.